The molecule has 3 heterocycles. The highest BCUT2D eigenvalue weighted by Gasteiger charge is 2.49. The lowest BCUT2D eigenvalue weighted by molar-refractivity contribution is -0.153. The van der Waals surface area contributed by atoms with Gasteiger partial charge in [-0.05, 0) is 25.3 Å². The number of H-pyrrole nitrogens is 1. The molecule has 126 valence electrons. The number of nitrogens with zero attached hydrogens (tertiary/aromatic N) is 5. The molecule has 0 saturated carbocycles. The van der Waals surface area contributed by atoms with Crippen molar-refractivity contribution in [1.82, 2.24) is 19.9 Å². The fourth-order valence-corrected chi connectivity index (χ4v) is 3.43. The van der Waals surface area contributed by atoms with Crippen LogP contribution in [0.5, 0.6) is 0 Å². The first-order chi connectivity index (χ1) is 11.5. The second-order valence-corrected chi connectivity index (χ2v) is 6.71. The van der Waals surface area contributed by atoms with E-state index in [0.717, 1.165) is 36.4 Å². The third-order valence-corrected chi connectivity index (χ3v) is 5.31. The Bertz CT molecular complexity index is 794. The molecule has 1 fully saturated rings. The molecule has 0 aliphatic carbocycles. The van der Waals surface area contributed by atoms with Gasteiger partial charge in [0.05, 0.1) is 11.5 Å². The van der Waals surface area contributed by atoms with Gasteiger partial charge in [-0.2, -0.15) is 5.26 Å². The summed E-state index contributed by atoms with van der Waals surface area (Å²) in [5, 5.41) is 9.76. The summed E-state index contributed by atoms with van der Waals surface area (Å²) >= 11 is 0. The molecular formula is C17H22N6O. The van der Waals surface area contributed by atoms with E-state index in [1.54, 1.807) is 6.33 Å². The van der Waals surface area contributed by atoms with Gasteiger partial charge in [0.2, 0.25) is 5.91 Å². The Balaban J connectivity index is 1.71. The summed E-state index contributed by atoms with van der Waals surface area (Å²) in [6.45, 7) is 5.77. The average molecular weight is 326 g/mol. The number of hydrogen-bond donors (Lipinski definition) is 1. The molecule has 0 aromatic carbocycles. The van der Waals surface area contributed by atoms with Crippen LogP contribution in [0.4, 0.5) is 5.82 Å². The SMILES string of the molecule is C[C@H]1CN(C(=O)CC#N)[C@]1(C)CCN(C)c1ncnc2[nH]ccc12. The Kier molecular flexibility index (Phi) is 4.14. The first kappa shape index (κ1) is 16.2. The molecule has 1 aliphatic rings. The minimum Gasteiger partial charge on any atom is -0.359 e. The predicted molar refractivity (Wildman–Crippen MR) is 91.3 cm³/mol. The minimum absolute atomic E-state index is 0.0476. The van der Waals surface area contributed by atoms with E-state index in [4.69, 9.17) is 5.26 Å². The van der Waals surface area contributed by atoms with Crippen molar-refractivity contribution in [3.05, 3.63) is 18.6 Å². The van der Waals surface area contributed by atoms with Crippen molar-refractivity contribution in [2.45, 2.75) is 32.2 Å². The predicted octanol–water partition coefficient (Wildman–Crippen LogP) is 1.93. The van der Waals surface area contributed by atoms with E-state index in [2.05, 4.69) is 33.7 Å². The number of likely N-dealkylation sites (tertiary alicyclic amines) is 1. The molecule has 1 saturated heterocycles. The van der Waals surface area contributed by atoms with Crippen LogP contribution in [0.1, 0.15) is 26.7 Å². The topological polar surface area (TPSA) is 88.9 Å². The molecule has 2 atom stereocenters. The largest absolute Gasteiger partial charge is 0.359 e. The Hall–Kier alpha value is -2.62. The van der Waals surface area contributed by atoms with Crippen LogP contribution >= 0.6 is 0 Å². The number of hydrogen-bond acceptors (Lipinski definition) is 5. The highest BCUT2D eigenvalue weighted by Crippen LogP contribution is 2.39. The average Bonchev–Trinajstić information content (AvgIpc) is 3.05. The maximum atomic E-state index is 12.1. The van der Waals surface area contributed by atoms with Gasteiger partial charge in [0.15, 0.2) is 0 Å². The van der Waals surface area contributed by atoms with Gasteiger partial charge >= 0.3 is 0 Å². The van der Waals surface area contributed by atoms with Gasteiger partial charge in [0.1, 0.15) is 24.2 Å². The molecule has 0 bridgehead atoms. The fourth-order valence-electron chi connectivity index (χ4n) is 3.43. The van der Waals surface area contributed by atoms with Gasteiger partial charge in [-0.15, -0.1) is 0 Å². The van der Waals surface area contributed by atoms with Crippen molar-refractivity contribution in [3.63, 3.8) is 0 Å². The fraction of sp³-hybridized carbons (Fsp3) is 0.529. The van der Waals surface area contributed by atoms with Gasteiger partial charge in [-0.25, -0.2) is 9.97 Å². The number of nitrogens with one attached hydrogen (secondary N) is 1. The molecule has 3 rings (SSSR count). The number of aromatic amines is 1. The molecule has 1 N–H and O–H groups in total. The molecule has 7 heteroatoms. The Morgan fingerprint density at radius 3 is 3.08 bits per heavy atom. The van der Waals surface area contributed by atoms with E-state index >= 15 is 0 Å². The summed E-state index contributed by atoms with van der Waals surface area (Å²) in [7, 11) is 2.00. The molecule has 2 aromatic rings. The van der Waals surface area contributed by atoms with Crippen LogP contribution in [0.25, 0.3) is 11.0 Å². The maximum absolute atomic E-state index is 12.1. The lowest BCUT2D eigenvalue weighted by Crippen LogP contribution is -2.67. The van der Waals surface area contributed by atoms with E-state index in [1.165, 1.54) is 0 Å². The van der Waals surface area contributed by atoms with Gasteiger partial charge in [-0.3, -0.25) is 4.79 Å². The minimum atomic E-state index is -0.202. The molecule has 0 spiro atoms. The van der Waals surface area contributed by atoms with Crippen molar-refractivity contribution in [1.29, 1.82) is 5.26 Å². The normalized spacial score (nSPS) is 22.9. The summed E-state index contributed by atoms with van der Waals surface area (Å²) in [6, 6.07) is 3.92. The van der Waals surface area contributed by atoms with E-state index in [9.17, 15) is 4.79 Å². The van der Waals surface area contributed by atoms with E-state index in [0.29, 0.717) is 5.92 Å². The van der Waals surface area contributed by atoms with Crippen molar-refractivity contribution in [3.8, 4) is 6.07 Å². The second-order valence-electron chi connectivity index (χ2n) is 6.71. The van der Waals surface area contributed by atoms with Crippen molar-refractivity contribution in [2.75, 3.05) is 25.0 Å². The van der Waals surface area contributed by atoms with Crippen LogP contribution in [0, 0.1) is 17.2 Å². The van der Waals surface area contributed by atoms with Gasteiger partial charge in [0.25, 0.3) is 0 Å². The Morgan fingerprint density at radius 1 is 1.58 bits per heavy atom. The van der Waals surface area contributed by atoms with Crippen LogP contribution in [-0.2, 0) is 4.79 Å². The summed E-state index contributed by atoms with van der Waals surface area (Å²) in [5.74, 6) is 1.23. The number of carbonyl (C=O) groups is 1. The van der Waals surface area contributed by atoms with Crippen LogP contribution in [-0.4, -0.2) is 51.4 Å². The molecular weight excluding hydrogens is 304 g/mol. The van der Waals surface area contributed by atoms with Crippen molar-refractivity contribution in [2.24, 2.45) is 5.92 Å². The van der Waals surface area contributed by atoms with Gasteiger partial charge in [0, 0.05) is 31.9 Å². The van der Waals surface area contributed by atoms with Gasteiger partial charge < -0.3 is 14.8 Å². The molecule has 24 heavy (non-hydrogen) atoms. The molecule has 7 nitrogen and oxygen atoms in total. The van der Waals surface area contributed by atoms with Crippen molar-refractivity contribution >= 4 is 22.8 Å². The second kappa shape index (κ2) is 6.11. The van der Waals surface area contributed by atoms with E-state index in [-0.39, 0.29) is 17.9 Å². The molecule has 0 radical (unpaired) electrons. The van der Waals surface area contributed by atoms with E-state index in [1.807, 2.05) is 30.3 Å². The molecule has 2 aromatic heterocycles. The molecule has 1 aliphatic heterocycles. The van der Waals surface area contributed by atoms with Crippen molar-refractivity contribution < 1.29 is 4.79 Å². The number of rotatable bonds is 5. The molecule has 0 unspecified atom stereocenters. The lowest BCUT2D eigenvalue weighted by Gasteiger charge is -2.56. The zero-order valence-corrected chi connectivity index (χ0v) is 14.3. The number of nitriles is 1. The number of fused-ring (bicyclic) bond motifs is 1. The maximum Gasteiger partial charge on any atom is 0.237 e. The van der Waals surface area contributed by atoms with Gasteiger partial charge in [-0.1, -0.05) is 6.92 Å². The van der Waals surface area contributed by atoms with E-state index < -0.39 is 0 Å². The number of amides is 1. The zero-order valence-electron chi connectivity index (χ0n) is 14.3. The van der Waals surface area contributed by atoms with Crippen LogP contribution in [0.2, 0.25) is 0 Å². The highest BCUT2D eigenvalue weighted by molar-refractivity contribution is 5.87. The Morgan fingerprint density at radius 2 is 2.38 bits per heavy atom. The standard InChI is InChI=1S/C17H22N6O/c1-12-10-23(14(24)4-7-18)17(12,2)6-9-22(3)16-13-5-8-19-15(13)20-11-21-16/h5,8,11-12H,4,6,9-10H2,1-3H3,(H,19,20,21)/t12-,17+/m0/s1. The Labute approximate surface area is 141 Å². The zero-order chi connectivity index (χ0) is 17.3. The summed E-state index contributed by atoms with van der Waals surface area (Å²) in [4.78, 5) is 27.8. The smallest absolute Gasteiger partial charge is 0.237 e. The number of carbonyl (C=O) groups excluding carboxylic acids is 1. The monoisotopic (exact) mass is 326 g/mol. The summed E-state index contributed by atoms with van der Waals surface area (Å²) in [6.07, 6.45) is 4.20. The van der Waals surface area contributed by atoms with Crippen LogP contribution in [0.15, 0.2) is 18.6 Å². The summed E-state index contributed by atoms with van der Waals surface area (Å²) < 4.78 is 0. The third-order valence-electron chi connectivity index (χ3n) is 5.31. The first-order valence-electron chi connectivity index (χ1n) is 8.14. The quantitative estimate of drug-likeness (QED) is 0.907. The highest BCUT2D eigenvalue weighted by atomic mass is 16.2. The first-order valence-corrected chi connectivity index (χ1v) is 8.14. The van der Waals surface area contributed by atoms with Crippen LogP contribution in [0.3, 0.4) is 0 Å². The third kappa shape index (κ3) is 2.58. The number of aromatic nitrogens is 3. The number of anilines is 1. The lowest BCUT2D eigenvalue weighted by atomic mass is 9.73. The van der Waals surface area contributed by atoms with Crippen LogP contribution < -0.4 is 4.90 Å². The summed E-state index contributed by atoms with van der Waals surface area (Å²) in [5.41, 5.74) is 0.618. The molecule has 1 amide bonds.